The minimum atomic E-state index is -3.75. The van der Waals surface area contributed by atoms with E-state index in [4.69, 9.17) is 4.74 Å². The van der Waals surface area contributed by atoms with Gasteiger partial charge in [0.2, 0.25) is 15.8 Å². The summed E-state index contributed by atoms with van der Waals surface area (Å²) in [5.74, 6) is -2.08. The maximum absolute atomic E-state index is 12.9. The number of Topliss-reactive ketones (excluding diaryl/α,β-unsaturated/α-hetero) is 1. The SMILES string of the molecule is CCN(CC)S(=O)(=O)c1cccc(C(=O)NC(C(=O)OCC(=O)c2c[nH]c3ccccc23)C(C)C)c1. The van der Waals surface area contributed by atoms with Crippen molar-refractivity contribution in [3.63, 3.8) is 0 Å². The van der Waals surface area contributed by atoms with Crippen molar-refractivity contribution in [1.82, 2.24) is 14.6 Å². The van der Waals surface area contributed by atoms with Crippen LogP contribution in [0, 0.1) is 5.92 Å². The summed E-state index contributed by atoms with van der Waals surface area (Å²) in [6, 6.07) is 11.9. The van der Waals surface area contributed by atoms with Crippen LogP contribution in [-0.2, 0) is 19.6 Å². The molecule has 10 heteroatoms. The molecule has 2 aromatic carbocycles. The van der Waals surface area contributed by atoms with Crippen LogP contribution in [0.1, 0.15) is 48.4 Å². The molecule has 36 heavy (non-hydrogen) atoms. The van der Waals surface area contributed by atoms with E-state index in [0.717, 1.165) is 10.9 Å². The Hall–Kier alpha value is -3.50. The van der Waals surface area contributed by atoms with Crippen molar-refractivity contribution in [2.75, 3.05) is 19.7 Å². The number of ether oxygens (including phenoxy) is 1. The van der Waals surface area contributed by atoms with Gasteiger partial charge >= 0.3 is 5.97 Å². The lowest BCUT2D eigenvalue weighted by Gasteiger charge is -2.21. The molecule has 1 amide bonds. The first-order valence-electron chi connectivity index (χ1n) is 11.8. The number of fused-ring (bicyclic) bond motifs is 1. The number of amides is 1. The lowest BCUT2D eigenvalue weighted by Crippen LogP contribution is -2.45. The molecule has 1 unspecified atom stereocenters. The van der Waals surface area contributed by atoms with Crippen LogP contribution < -0.4 is 5.32 Å². The number of rotatable bonds is 11. The Bertz CT molecular complexity index is 1360. The van der Waals surface area contributed by atoms with Crippen LogP contribution in [0.4, 0.5) is 0 Å². The van der Waals surface area contributed by atoms with Crippen LogP contribution >= 0.6 is 0 Å². The molecule has 0 radical (unpaired) electrons. The number of hydrogen-bond donors (Lipinski definition) is 2. The molecule has 0 aliphatic carbocycles. The Morgan fingerprint density at radius 3 is 2.39 bits per heavy atom. The van der Waals surface area contributed by atoms with Crippen molar-refractivity contribution in [3.05, 3.63) is 65.9 Å². The highest BCUT2D eigenvalue weighted by Crippen LogP contribution is 2.19. The molecule has 9 nitrogen and oxygen atoms in total. The highest BCUT2D eigenvalue weighted by molar-refractivity contribution is 7.89. The van der Waals surface area contributed by atoms with Crippen molar-refractivity contribution in [2.45, 2.75) is 38.6 Å². The number of H-pyrrole nitrogens is 1. The van der Waals surface area contributed by atoms with E-state index in [1.807, 2.05) is 18.2 Å². The van der Waals surface area contributed by atoms with Gasteiger partial charge in [-0.15, -0.1) is 0 Å². The second-order valence-corrected chi connectivity index (χ2v) is 10.5. The number of hydrogen-bond acceptors (Lipinski definition) is 6. The number of sulfonamides is 1. The number of ketones is 1. The molecule has 0 aliphatic rings. The zero-order valence-corrected chi connectivity index (χ0v) is 21.6. The Morgan fingerprint density at radius 1 is 1.03 bits per heavy atom. The third-order valence-corrected chi connectivity index (χ3v) is 7.93. The van der Waals surface area contributed by atoms with Crippen LogP contribution in [0.5, 0.6) is 0 Å². The molecule has 3 aromatic rings. The summed E-state index contributed by atoms with van der Waals surface area (Å²) in [6.45, 7) is 7.06. The van der Waals surface area contributed by atoms with Crippen LogP contribution in [0.25, 0.3) is 10.9 Å². The number of benzene rings is 2. The third-order valence-electron chi connectivity index (χ3n) is 5.88. The average molecular weight is 514 g/mol. The van der Waals surface area contributed by atoms with Gasteiger partial charge in [0.15, 0.2) is 6.61 Å². The van der Waals surface area contributed by atoms with Gasteiger partial charge in [0.1, 0.15) is 6.04 Å². The van der Waals surface area contributed by atoms with E-state index in [0.29, 0.717) is 18.7 Å². The second kappa shape index (κ2) is 11.5. The maximum atomic E-state index is 12.9. The molecule has 3 rings (SSSR count). The number of esters is 1. The normalized spacial score (nSPS) is 12.6. The molecular weight excluding hydrogens is 482 g/mol. The van der Waals surface area contributed by atoms with Crippen LogP contribution in [0.3, 0.4) is 0 Å². The largest absolute Gasteiger partial charge is 0.456 e. The van der Waals surface area contributed by atoms with Gasteiger partial charge in [-0.1, -0.05) is 52.0 Å². The highest BCUT2D eigenvalue weighted by atomic mass is 32.2. The molecular formula is C26H31N3O6S. The van der Waals surface area contributed by atoms with Crippen molar-refractivity contribution < 1.29 is 27.5 Å². The molecule has 0 saturated heterocycles. The molecule has 192 valence electrons. The zero-order chi connectivity index (χ0) is 26.5. The molecule has 1 aromatic heterocycles. The molecule has 0 spiro atoms. The molecule has 0 bridgehead atoms. The van der Waals surface area contributed by atoms with E-state index in [-0.39, 0.29) is 22.2 Å². The van der Waals surface area contributed by atoms with Gasteiger partial charge in [-0.3, -0.25) is 9.59 Å². The topological polar surface area (TPSA) is 126 Å². The minimum absolute atomic E-state index is 0.00755. The fourth-order valence-corrected chi connectivity index (χ4v) is 5.34. The van der Waals surface area contributed by atoms with Crippen molar-refractivity contribution in [3.8, 4) is 0 Å². The van der Waals surface area contributed by atoms with E-state index in [2.05, 4.69) is 10.3 Å². The summed E-state index contributed by atoms with van der Waals surface area (Å²) in [5, 5.41) is 3.35. The molecule has 1 atom stereocenters. The second-order valence-electron chi connectivity index (χ2n) is 8.59. The van der Waals surface area contributed by atoms with E-state index in [9.17, 15) is 22.8 Å². The van der Waals surface area contributed by atoms with Crippen LogP contribution in [-0.4, -0.2) is 61.1 Å². The summed E-state index contributed by atoms with van der Waals surface area (Å²) in [7, 11) is -3.75. The minimum Gasteiger partial charge on any atom is -0.456 e. The summed E-state index contributed by atoms with van der Waals surface area (Å²) < 4.78 is 32.2. The molecule has 0 saturated carbocycles. The quantitative estimate of drug-likeness (QED) is 0.299. The smallest absolute Gasteiger partial charge is 0.329 e. The number of aromatic nitrogens is 1. The Labute approximate surface area is 210 Å². The number of nitrogens with one attached hydrogen (secondary N) is 2. The van der Waals surface area contributed by atoms with Gasteiger partial charge in [-0.25, -0.2) is 13.2 Å². The summed E-state index contributed by atoms with van der Waals surface area (Å²) >= 11 is 0. The average Bonchev–Trinajstić information content (AvgIpc) is 3.30. The van der Waals surface area contributed by atoms with Crippen molar-refractivity contribution in [1.29, 1.82) is 0 Å². The number of carbonyl (C=O) groups is 3. The van der Waals surface area contributed by atoms with E-state index < -0.39 is 34.5 Å². The van der Waals surface area contributed by atoms with Gasteiger partial charge in [-0.05, 0) is 30.2 Å². The zero-order valence-electron chi connectivity index (χ0n) is 20.8. The molecule has 0 aliphatic heterocycles. The summed E-state index contributed by atoms with van der Waals surface area (Å²) in [6.07, 6.45) is 1.57. The first-order valence-corrected chi connectivity index (χ1v) is 13.2. The number of carbonyl (C=O) groups excluding carboxylic acids is 3. The first-order chi connectivity index (χ1) is 17.1. The Morgan fingerprint density at radius 2 is 1.72 bits per heavy atom. The maximum Gasteiger partial charge on any atom is 0.329 e. The van der Waals surface area contributed by atoms with E-state index >= 15 is 0 Å². The molecule has 2 N–H and O–H groups in total. The van der Waals surface area contributed by atoms with Gasteiger partial charge in [0, 0.05) is 41.3 Å². The van der Waals surface area contributed by atoms with Crippen LogP contribution in [0.15, 0.2) is 59.6 Å². The predicted molar refractivity (Wildman–Crippen MR) is 136 cm³/mol. The lowest BCUT2D eigenvalue weighted by molar-refractivity contribution is -0.145. The standard InChI is InChI=1S/C26H31N3O6S/c1-5-29(6-2)36(33,34)19-11-9-10-18(14-19)25(31)28-24(17(3)4)26(32)35-16-23(30)21-15-27-22-13-8-7-12-20(21)22/h7-15,17,24,27H,5-6,16H2,1-4H3,(H,28,31). The molecule has 1 heterocycles. The Balaban J connectivity index is 1.70. The van der Waals surface area contributed by atoms with E-state index in [1.165, 1.54) is 28.6 Å². The number of para-hydroxylation sites is 1. The Kier molecular flexibility index (Phi) is 8.65. The van der Waals surface area contributed by atoms with Gasteiger partial charge < -0.3 is 15.0 Å². The first kappa shape index (κ1) is 27.1. The van der Waals surface area contributed by atoms with Crippen molar-refractivity contribution >= 4 is 38.6 Å². The fourth-order valence-electron chi connectivity index (χ4n) is 3.84. The summed E-state index contributed by atoms with van der Waals surface area (Å²) in [5.41, 5.74) is 1.30. The predicted octanol–water partition coefficient (Wildman–Crippen LogP) is 3.38. The third kappa shape index (κ3) is 5.83. The lowest BCUT2D eigenvalue weighted by atomic mass is 10.0. The van der Waals surface area contributed by atoms with E-state index in [1.54, 1.807) is 40.0 Å². The molecule has 0 fully saturated rings. The van der Waals surface area contributed by atoms with Gasteiger partial charge in [-0.2, -0.15) is 4.31 Å². The van der Waals surface area contributed by atoms with Crippen LogP contribution in [0.2, 0.25) is 0 Å². The summed E-state index contributed by atoms with van der Waals surface area (Å²) in [4.78, 5) is 41.4. The van der Waals surface area contributed by atoms with Crippen molar-refractivity contribution in [2.24, 2.45) is 5.92 Å². The van der Waals surface area contributed by atoms with Gasteiger partial charge in [0.25, 0.3) is 5.91 Å². The number of nitrogens with zero attached hydrogens (tertiary/aromatic N) is 1. The fraction of sp³-hybridized carbons (Fsp3) is 0.346. The monoisotopic (exact) mass is 513 g/mol. The highest BCUT2D eigenvalue weighted by Gasteiger charge is 2.28. The number of aromatic amines is 1. The van der Waals surface area contributed by atoms with Gasteiger partial charge in [0.05, 0.1) is 4.90 Å².